The molecule has 1 atom stereocenters. The number of carbonyl (C=O) groups excluding carboxylic acids is 2. The molecule has 6 rings (SSSR count). The first-order valence-corrected chi connectivity index (χ1v) is 14.6. The van der Waals surface area contributed by atoms with Crippen molar-refractivity contribution >= 4 is 22.7 Å². The number of fused-ring (bicyclic) bond motifs is 1. The van der Waals surface area contributed by atoms with Crippen LogP contribution in [0.4, 0.5) is 13.2 Å². The summed E-state index contributed by atoms with van der Waals surface area (Å²) in [6, 6.07) is 9.33. The van der Waals surface area contributed by atoms with Crippen LogP contribution < -0.4 is 10.5 Å². The van der Waals surface area contributed by atoms with E-state index in [2.05, 4.69) is 4.74 Å². The third-order valence-electron chi connectivity index (χ3n) is 8.59. The van der Waals surface area contributed by atoms with Gasteiger partial charge in [-0.05, 0) is 55.9 Å². The van der Waals surface area contributed by atoms with Crippen molar-refractivity contribution in [1.82, 2.24) is 24.2 Å². The fourth-order valence-electron chi connectivity index (χ4n) is 6.18. The molecular weight excluding hydrogens is 577 g/mol. The Morgan fingerprint density at radius 2 is 1.84 bits per heavy atom. The van der Waals surface area contributed by atoms with Gasteiger partial charge in [-0.15, -0.1) is 13.2 Å². The number of amides is 2. The van der Waals surface area contributed by atoms with Crippen molar-refractivity contribution in [2.24, 2.45) is 18.7 Å². The Morgan fingerprint density at radius 3 is 2.48 bits per heavy atom. The van der Waals surface area contributed by atoms with Crippen molar-refractivity contribution in [3.63, 3.8) is 0 Å². The second-order valence-corrected chi connectivity index (χ2v) is 11.6. The molecule has 2 fully saturated rings. The van der Waals surface area contributed by atoms with Crippen LogP contribution in [-0.2, 0) is 18.4 Å². The maximum absolute atomic E-state index is 13.4. The number of primary amides is 1. The average molecular weight is 611 g/mol. The molecule has 3 heterocycles. The Labute approximate surface area is 251 Å². The molecule has 232 valence electrons. The number of aromatic nitrogens is 4. The Kier molecular flexibility index (Phi) is 7.60. The largest absolute Gasteiger partial charge is 0.573 e. The van der Waals surface area contributed by atoms with Crippen LogP contribution in [0.15, 0.2) is 42.6 Å². The number of benzene rings is 2. The number of rotatable bonds is 8. The summed E-state index contributed by atoms with van der Waals surface area (Å²) in [5, 5.41) is 16.5. The molecule has 1 unspecified atom stereocenters. The lowest BCUT2D eigenvalue weighted by atomic mass is 9.91. The van der Waals surface area contributed by atoms with Gasteiger partial charge in [0.2, 0.25) is 11.8 Å². The van der Waals surface area contributed by atoms with E-state index in [-0.39, 0.29) is 41.2 Å². The van der Waals surface area contributed by atoms with Crippen molar-refractivity contribution in [3.05, 3.63) is 53.9 Å². The number of likely N-dealkylation sites (tertiary alicyclic amines) is 1. The molecule has 1 saturated carbocycles. The summed E-state index contributed by atoms with van der Waals surface area (Å²) in [6.45, 7) is 3.08. The SMILES string of the molecule is CC(=O)N1CCC(C(O)Cn2cc3c(-c4nc(-c5ccc(C(N)=O)cc5OC(F)(F)F)n(C)c4C4CC4)cccc3n2)CC1. The van der Waals surface area contributed by atoms with Crippen LogP contribution in [0.25, 0.3) is 33.5 Å². The molecule has 1 saturated heterocycles. The highest BCUT2D eigenvalue weighted by Crippen LogP contribution is 2.47. The zero-order valence-corrected chi connectivity index (χ0v) is 24.3. The molecule has 0 bridgehead atoms. The summed E-state index contributed by atoms with van der Waals surface area (Å²) >= 11 is 0. The molecule has 0 radical (unpaired) electrons. The predicted molar refractivity (Wildman–Crippen MR) is 156 cm³/mol. The molecule has 44 heavy (non-hydrogen) atoms. The molecule has 1 aliphatic carbocycles. The fraction of sp³-hybridized carbons (Fsp3) is 0.419. The molecule has 3 N–H and O–H groups in total. The smallest absolute Gasteiger partial charge is 0.405 e. The van der Waals surface area contributed by atoms with Gasteiger partial charge >= 0.3 is 6.36 Å². The van der Waals surface area contributed by atoms with E-state index < -0.39 is 24.1 Å². The number of ether oxygens (including phenoxy) is 1. The van der Waals surface area contributed by atoms with E-state index in [1.165, 1.54) is 12.1 Å². The van der Waals surface area contributed by atoms with E-state index in [1.54, 1.807) is 28.1 Å². The Morgan fingerprint density at radius 1 is 1.11 bits per heavy atom. The lowest BCUT2D eigenvalue weighted by Gasteiger charge is -2.33. The minimum absolute atomic E-state index is 0.0406. The molecule has 2 aromatic carbocycles. The minimum Gasteiger partial charge on any atom is -0.405 e. The molecule has 4 aromatic rings. The van der Waals surface area contributed by atoms with Gasteiger partial charge in [0, 0.05) is 61.4 Å². The number of nitrogens with two attached hydrogens (primary N) is 1. The Hall–Kier alpha value is -4.39. The summed E-state index contributed by atoms with van der Waals surface area (Å²) in [5.74, 6) is -0.914. The van der Waals surface area contributed by atoms with Crippen molar-refractivity contribution in [2.45, 2.75) is 57.5 Å². The normalized spacial score (nSPS) is 16.8. The Bertz CT molecular complexity index is 1730. The molecule has 13 heteroatoms. The van der Waals surface area contributed by atoms with Gasteiger partial charge in [-0.2, -0.15) is 5.10 Å². The van der Waals surface area contributed by atoms with Gasteiger partial charge in [0.15, 0.2) is 0 Å². The van der Waals surface area contributed by atoms with Crippen molar-refractivity contribution in [3.8, 4) is 28.4 Å². The van der Waals surface area contributed by atoms with E-state index in [0.717, 1.165) is 35.6 Å². The summed E-state index contributed by atoms with van der Waals surface area (Å²) in [6.07, 6.45) is -0.494. The molecule has 2 aromatic heterocycles. The average Bonchev–Trinajstić information content (AvgIpc) is 3.63. The standard InChI is InChI=1S/C31H33F3N6O4/c1-17(41)39-12-10-18(11-13-39)25(42)16-40-15-23-21(4-3-5-24(23)37-40)27-28(19-6-7-19)38(2)30(36-27)22-9-8-20(29(35)43)14-26(22)44-31(32,33)34/h3-5,8-9,14-15,18-19,25,42H,6-7,10-13,16H2,1-2H3,(H2,35,43). The minimum atomic E-state index is -4.99. The first-order valence-electron chi connectivity index (χ1n) is 14.6. The zero-order valence-electron chi connectivity index (χ0n) is 24.3. The quantitative estimate of drug-likeness (QED) is 0.300. The number of hydrogen-bond acceptors (Lipinski definition) is 6. The van der Waals surface area contributed by atoms with Crippen LogP contribution in [0.3, 0.4) is 0 Å². The molecule has 2 amide bonds. The number of imidazole rings is 1. The van der Waals surface area contributed by atoms with Crippen LogP contribution in [-0.4, -0.2) is 66.7 Å². The third kappa shape index (κ3) is 5.88. The van der Waals surface area contributed by atoms with Crippen molar-refractivity contribution in [2.75, 3.05) is 13.1 Å². The highest BCUT2D eigenvalue weighted by Gasteiger charge is 2.36. The molecule has 10 nitrogen and oxygen atoms in total. The number of carbonyl (C=O) groups is 2. The maximum Gasteiger partial charge on any atom is 0.573 e. The first-order chi connectivity index (χ1) is 20.9. The van der Waals surface area contributed by atoms with Gasteiger partial charge in [-0.25, -0.2) is 4.98 Å². The molecule has 1 aliphatic heterocycles. The maximum atomic E-state index is 13.4. The van der Waals surface area contributed by atoms with Gasteiger partial charge < -0.3 is 25.0 Å². The molecular formula is C31H33F3N6O4. The summed E-state index contributed by atoms with van der Waals surface area (Å²) in [7, 11) is 1.76. The van der Waals surface area contributed by atoms with Gasteiger partial charge in [0.25, 0.3) is 0 Å². The number of aliphatic hydroxyl groups excluding tert-OH is 1. The second kappa shape index (κ2) is 11.3. The topological polar surface area (TPSA) is 128 Å². The van der Waals surface area contributed by atoms with Crippen LogP contribution >= 0.6 is 0 Å². The number of hydrogen-bond donors (Lipinski definition) is 2. The molecule has 0 spiro atoms. The van der Waals surface area contributed by atoms with Crippen molar-refractivity contribution in [1.29, 1.82) is 0 Å². The lowest BCUT2D eigenvalue weighted by molar-refractivity contribution is -0.274. The summed E-state index contributed by atoms with van der Waals surface area (Å²) < 4.78 is 48.0. The first kappa shape index (κ1) is 29.7. The van der Waals surface area contributed by atoms with Crippen LogP contribution in [0, 0.1) is 5.92 Å². The van der Waals surface area contributed by atoms with Gasteiger partial charge in [0.1, 0.15) is 11.6 Å². The number of halogens is 3. The second-order valence-electron chi connectivity index (χ2n) is 11.6. The van der Waals surface area contributed by atoms with E-state index in [4.69, 9.17) is 15.8 Å². The highest BCUT2D eigenvalue weighted by atomic mass is 19.4. The lowest BCUT2D eigenvalue weighted by Crippen LogP contribution is -2.41. The fourth-order valence-corrected chi connectivity index (χ4v) is 6.18. The van der Waals surface area contributed by atoms with E-state index in [1.807, 2.05) is 24.4 Å². The monoisotopic (exact) mass is 610 g/mol. The summed E-state index contributed by atoms with van der Waals surface area (Å²) in [4.78, 5) is 30.1. The van der Waals surface area contributed by atoms with Crippen LogP contribution in [0.5, 0.6) is 5.75 Å². The number of nitrogens with zero attached hydrogens (tertiary/aromatic N) is 5. The van der Waals surface area contributed by atoms with Crippen LogP contribution in [0.1, 0.15) is 54.6 Å². The number of alkyl halides is 3. The number of piperidine rings is 1. The highest BCUT2D eigenvalue weighted by molar-refractivity contribution is 5.96. The zero-order chi connectivity index (χ0) is 31.3. The predicted octanol–water partition coefficient (Wildman–Crippen LogP) is 4.60. The van der Waals surface area contributed by atoms with E-state index >= 15 is 0 Å². The number of aliphatic hydroxyl groups is 1. The van der Waals surface area contributed by atoms with E-state index in [9.17, 15) is 27.9 Å². The molecule has 2 aliphatic rings. The van der Waals surface area contributed by atoms with Gasteiger partial charge in [0.05, 0.1) is 29.4 Å². The Balaban J connectivity index is 1.36. The van der Waals surface area contributed by atoms with E-state index in [0.29, 0.717) is 37.1 Å². The van der Waals surface area contributed by atoms with Crippen molar-refractivity contribution < 1.29 is 32.6 Å². The van der Waals surface area contributed by atoms with Gasteiger partial charge in [-0.3, -0.25) is 14.3 Å². The van der Waals surface area contributed by atoms with Gasteiger partial charge in [-0.1, -0.05) is 12.1 Å². The van der Waals surface area contributed by atoms with Crippen LogP contribution in [0.2, 0.25) is 0 Å². The third-order valence-corrected chi connectivity index (χ3v) is 8.59. The summed E-state index contributed by atoms with van der Waals surface area (Å²) in [5.41, 5.74) is 8.26.